The lowest BCUT2D eigenvalue weighted by Gasteiger charge is -2.10. The summed E-state index contributed by atoms with van der Waals surface area (Å²) in [6.07, 6.45) is 2.73. The molecule has 0 aromatic carbocycles. The lowest BCUT2D eigenvalue weighted by molar-refractivity contribution is -0.120. The minimum Gasteiger partial charge on any atom is -0.356 e. The maximum Gasteiger partial charge on any atom is 0.247 e. The van der Waals surface area contributed by atoms with Gasteiger partial charge in [-0.25, -0.2) is 13.6 Å². The molecule has 0 bridgehead atoms. The number of rotatable bonds is 6. The number of carbonyl (C=O) groups is 1. The first kappa shape index (κ1) is 14.5. The molecule has 0 radical (unpaired) electrons. The molecule has 1 fully saturated rings. The van der Waals surface area contributed by atoms with Crippen LogP contribution in [0.5, 0.6) is 0 Å². The summed E-state index contributed by atoms with van der Waals surface area (Å²) in [5.74, 6) is 1.21. The topological polar surface area (TPSA) is 89.3 Å². The Morgan fingerprint density at radius 3 is 2.74 bits per heavy atom. The molecule has 0 aliphatic heterocycles. The summed E-state index contributed by atoms with van der Waals surface area (Å²) in [5.41, 5.74) is 0. The van der Waals surface area contributed by atoms with E-state index in [1.54, 1.807) is 6.07 Å². The average molecular weight is 302 g/mol. The average Bonchev–Trinajstić information content (AvgIpc) is 3.05. The zero-order valence-corrected chi connectivity index (χ0v) is 12.4. The number of thiophene rings is 1. The molecule has 1 aromatic heterocycles. The number of amides is 1. The summed E-state index contributed by atoms with van der Waals surface area (Å²) in [7, 11) is -3.66. The second kappa shape index (κ2) is 5.60. The van der Waals surface area contributed by atoms with Gasteiger partial charge in [-0.15, -0.1) is 11.3 Å². The third-order valence-corrected chi connectivity index (χ3v) is 5.82. The van der Waals surface area contributed by atoms with E-state index in [9.17, 15) is 13.2 Å². The van der Waals surface area contributed by atoms with Crippen molar-refractivity contribution in [2.75, 3.05) is 6.54 Å². The van der Waals surface area contributed by atoms with Crippen molar-refractivity contribution in [1.29, 1.82) is 0 Å². The van der Waals surface area contributed by atoms with E-state index in [0.717, 1.165) is 17.3 Å². The lowest BCUT2D eigenvalue weighted by atomic mass is 10.1. The van der Waals surface area contributed by atoms with Crippen molar-refractivity contribution in [3.05, 3.63) is 17.0 Å². The predicted molar refractivity (Wildman–Crippen MR) is 74.3 cm³/mol. The van der Waals surface area contributed by atoms with E-state index in [4.69, 9.17) is 5.14 Å². The smallest absolute Gasteiger partial charge is 0.247 e. The molecule has 2 rings (SSSR count). The first-order valence-corrected chi connectivity index (χ1v) is 8.61. The molecule has 1 amide bonds. The van der Waals surface area contributed by atoms with E-state index < -0.39 is 10.0 Å². The fourth-order valence-electron chi connectivity index (χ4n) is 1.93. The van der Waals surface area contributed by atoms with Gasteiger partial charge in [-0.1, -0.05) is 6.92 Å². The van der Waals surface area contributed by atoms with Crippen LogP contribution < -0.4 is 10.5 Å². The molecular weight excluding hydrogens is 284 g/mol. The first-order valence-electron chi connectivity index (χ1n) is 6.24. The Morgan fingerprint density at radius 1 is 1.53 bits per heavy atom. The molecule has 1 atom stereocenters. The van der Waals surface area contributed by atoms with Crippen molar-refractivity contribution in [3.63, 3.8) is 0 Å². The van der Waals surface area contributed by atoms with Gasteiger partial charge in [0.05, 0.1) is 6.42 Å². The van der Waals surface area contributed by atoms with Crippen LogP contribution in [0.3, 0.4) is 0 Å². The second-order valence-corrected chi connectivity index (χ2v) is 8.02. The summed E-state index contributed by atoms with van der Waals surface area (Å²) in [5, 5.41) is 7.91. The number of nitrogens with two attached hydrogens (primary N) is 1. The van der Waals surface area contributed by atoms with Crippen molar-refractivity contribution in [2.24, 2.45) is 17.0 Å². The van der Waals surface area contributed by atoms with E-state index in [0.29, 0.717) is 17.3 Å². The van der Waals surface area contributed by atoms with Crippen LogP contribution in [0.25, 0.3) is 0 Å². The Labute approximate surface area is 117 Å². The standard InChI is InChI=1S/C12H18N2O3S2/c1-8(9-2-3-9)7-14-11(15)6-10-4-5-12(18-10)19(13,16)17/h4-5,8-9H,2-3,6-7H2,1H3,(H,14,15)(H2,13,16,17). The molecule has 1 unspecified atom stereocenters. The fourth-order valence-corrected chi connectivity index (χ4v) is 3.71. The van der Waals surface area contributed by atoms with Crippen LogP contribution in [0.15, 0.2) is 16.3 Å². The molecule has 3 N–H and O–H groups in total. The SMILES string of the molecule is CC(CNC(=O)Cc1ccc(S(N)(=O)=O)s1)C1CC1. The number of sulfonamides is 1. The molecule has 0 spiro atoms. The third-order valence-electron chi connectivity index (χ3n) is 3.30. The third kappa shape index (κ3) is 4.29. The number of nitrogens with one attached hydrogen (secondary N) is 1. The highest BCUT2D eigenvalue weighted by atomic mass is 32.2. The number of carbonyl (C=O) groups excluding carboxylic acids is 1. The van der Waals surface area contributed by atoms with Gasteiger partial charge in [-0.3, -0.25) is 4.79 Å². The van der Waals surface area contributed by atoms with Crippen molar-refractivity contribution < 1.29 is 13.2 Å². The zero-order chi connectivity index (χ0) is 14.0. The van der Waals surface area contributed by atoms with Gasteiger partial charge in [0.1, 0.15) is 4.21 Å². The van der Waals surface area contributed by atoms with E-state index in [2.05, 4.69) is 12.2 Å². The van der Waals surface area contributed by atoms with Crippen molar-refractivity contribution >= 4 is 27.3 Å². The highest BCUT2D eigenvalue weighted by molar-refractivity contribution is 7.91. The van der Waals surface area contributed by atoms with E-state index in [-0.39, 0.29) is 16.5 Å². The Hall–Kier alpha value is -0.920. The summed E-state index contributed by atoms with van der Waals surface area (Å²) in [6.45, 7) is 2.83. The van der Waals surface area contributed by atoms with Gasteiger partial charge >= 0.3 is 0 Å². The Kier molecular flexibility index (Phi) is 4.27. The predicted octanol–water partition coefficient (Wildman–Crippen LogP) is 1.10. The highest BCUT2D eigenvalue weighted by Gasteiger charge is 2.27. The van der Waals surface area contributed by atoms with Crippen LogP contribution >= 0.6 is 11.3 Å². The summed E-state index contributed by atoms with van der Waals surface area (Å²) in [6, 6.07) is 3.07. The molecule has 1 saturated carbocycles. The fraction of sp³-hybridized carbons (Fsp3) is 0.583. The van der Waals surface area contributed by atoms with Crippen molar-refractivity contribution in [1.82, 2.24) is 5.32 Å². The maximum atomic E-state index is 11.7. The molecule has 19 heavy (non-hydrogen) atoms. The van der Waals surface area contributed by atoms with Gasteiger partial charge in [-0.05, 0) is 36.8 Å². The van der Waals surface area contributed by atoms with Gasteiger partial charge in [0.15, 0.2) is 0 Å². The molecule has 106 valence electrons. The number of hydrogen-bond acceptors (Lipinski definition) is 4. The van der Waals surface area contributed by atoms with E-state index >= 15 is 0 Å². The monoisotopic (exact) mass is 302 g/mol. The van der Waals surface area contributed by atoms with Crippen LogP contribution in [-0.2, 0) is 21.2 Å². The van der Waals surface area contributed by atoms with Gasteiger partial charge in [0.2, 0.25) is 15.9 Å². The van der Waals surface area contributed by atoms with E-state index in [1.807, 2.05) is 0 Å². The summed E-state index contributed by atoms with van der Waals surface area (Å²) in [4.78, 5) is 12.4. The minimum absolute atomic E-state index is 0.0738. The molecule has 7 heteroatoms. The quantitative estimate of drug-likeness (QED) is 0.824. The maximum absolute atomic E-state index is 11.7. The molecule has 1 aromatic rings. The lowest BCUT2D eigenvalue weighted by Crippen LogP contribution is -2.30. The van der Waals surface area contributed by atoms with E-state index in [1.165, 1.54) is 18.9 Å². The van der Waals surface area contributed by atoms with Gasteiger partial charge in [0.25, 0.3) is 0 Å². The number of primary sulfonamides is 1. The number of hydrogen-bond donors (Lipinski definition) is 2. The molecule has 1 aliphatic carbocycles. The Morgan fingerprint density at radius 2 is 2.21 bits per heavy atom. The van der Waals surface area contributed by atoms with Crippen LogP contribution in [0.4, 0.5) is 0 Å². The Bertz CT molecular complexity index is 561. The normalized spacial score (nSPS) is 17.2. The van der Waals surface area contributed by atoms with Crippen LogP contribution in [-0.4, -0.2) is 20.9 Å². The first-order chi connectivity index (χ1) is 8.86. The molecule has 1 heterocycles. The van der Waals surface area contributed by atoms with Crippen LogP contribution in [0.1, 0.15) is 24.6 Å². The molecule has 0 saturated heterocycles. The van der Waals surface area contributed by atoms with Crippen LogP contribution in [0.2, 0.25) is 0 Å². The summed E-state index contributed by atoms with van der Waals surface area (Å²) >= 11 is 1.05. The van der Waals surface area contributed by atoms with Crippen molar-refractivity contribution in [2.45, 2.75) is 30.4 Å². The van der Waals surface area contributed by atoms with Gasteiger partial charge in [0, 0.05) is 11.4 Å². The van der Waals surface area contributed by atoms with Crippen LogP contribution in [0, 0.1) is 11.8 Å². The minimum atomic E-state index is -3.66. The van der Waals surface area contributed by atoms with Crippen molar-refractivity contribution in [3.8, 4) is 0 Å². The highest BCUT2D eigenvalue weighted by Crippen LogP contribution is 2.36. The zero-order valence-electron chi connectivity index (χ0n) is 10.8. The Balaban J connectivity index is 1.83. The largest absolute Gasteiger partial charge is 0.356 e. The second-order valence-electron chi connectivity index (χ2n) is 5.06. The molecular formula is C12H18N2O3S2. The molecule has 1 aliphatic rings. The van der Waals surface area contributed by atoms with Gasteiger partial charge in [-0.2, -0.15) is 0 Å². The molecule has 5 nitrogen and oxygen atoms in total. The van der Waals surface area contributed by atoms with Gasteiger partial charge < -0.3 is 5.32 Å². The summed E-state index contributed by atoms with van der Waals surface area (Å²) < 4.78 is 22.3.